The van der Waals surface area contributed by atoms with Crippen LogP contribution in [0.25, 0.3) is 0 Å². The van der Waals surface area contributed by atoms with Gasteiger partial charge in [0.2, 0.25) is 0 Å². The largest absolute Gasteiger partial charge is 0.356 e. The molecule has 1 saturated heterocycles. The number of rotatable bonds is 3. The number of piperidine rings is 1. The minimum atomic E-state index is 0. The van der Waals surface area contributed by atoms with Gasteiger partial charge in [0, 0.05) is 36.8 Å². The zero-order valence-electron chi connectivity index (χ0n) is 14.3. The molecule has 2 N–H and O–H groups in total. The number of benzene rings is 1. The van der Waals surface area contributed by atoms with Crippen LogP contribution in [-0.2, 0) is 0 Å². The minimum absolute atomic E-state index is 0. The second-order valence-corrected chi connectivity index (χ2v) is 6.90. The molecule has 4 nitrogen and oxygen atoms in total. The van der Waals surface area contributed by atoms with Crippen LogP contribution in [0.3, 0.4) is 0 Å². The normalized spacial score (nSPS) is 23.2. The summed E-state index contributed by atoms with van der Waals surface area (Å²) < 4.78 is 0. The lowest BCUT2D eigenvalue weighted by molar-refractivity contribution is 0.345. The first-order chi connectivity index (χ1) is 11.3. The molecule has 0 radical (unpaired) electrons. The van der Waals surface area contributed by atoms with Gasteiger partial charge < -0.3 is 10.6 Å². The standard InChI is InChI=1S/C19H24N4.2ClH/c20-17-10-16(11-17)18-12-19(22-13-21-18)23-8-6-15(7-9-23)14-4-2-1-3-5-14;;/h1-5,12-13,15-17H,6-11,20H2;2*1H. The summed E-state index contributed by atoms with van der Waals surface area (Å²) in [5.41, 5.74) is 8.54. The second kappa shape index (κ2) is 8.84. The van der Waals surface area contributed by atoms with Crippen molar-refractivity contribution in [2.45, 2.75) is 43.6 Å². The highest BCUT2D eigenvalue weighted by Crippen LogP contribution is 2.36. The van der Waals surface area contributed by atoms with E-state index in [2.05, 4.69) is 51.3 Å². The molecule has 0 bridgehead atoms. The van der Waals surface area contributed by atoms with Crippen molar-refractivity contribution >= 4 is 30.6 Å². The predicted molar refractivity (Wildman–Crippen MR) is 107 cm³/mol. The summed E-state index contributed by atoms with van der Waals surface area (Å²) >= 11 is 0. The van der Waals surface area contributed by atoms with E-state index in [1.165, 1.54) is 24.1 Å². The number of hydrogen-bond acceptors (Lipinski definition) is 4. The molecular weight excluding hydrogens is 355 g/mol. The van der Waals surface area contributed by atoms with E-state index < -0.39 is 0 Å². The molecule has 2 aliphatic rings. The average Bonchev–Trinajstić information content (AvgIpc) is 2.60. The summed E-state index contributed by atoms with van der Waals surface area (Å²) in [7, 11) is 0. The Hall–Kier alpha value is -1.36. The molecule has 2 heterocycles. The molecule has 0 spiro atoms. The lowest BCUT2D eigenvalue weighted by atomic mass is 9.78. The number of anilines is 1. The van der Waals surface area contributed by atoms with Crippen molar-refractivity contribution in [1.29, 1.82) is 0 Å². The third-order valence-electron chi connectivity index (χ3n) is 5.36. The highest BCUT2D eigenvalue weighted by Gasteiger charge is 2.29. The summed E-state index contributed by atoms with van der Waals surface area (Å²) in [6.45, 7) is 2.14. The molecule has 0 atom stereocenters. The molecule has 2 fully saturated rings. The van der Waals surface area contributed by atoms with E-state index in [-0.39, 0.29) is 24.8 Å². The second-order valence-electron chi connectivity index (χ2n) is 6.90. The summed E-state index contributed by atoms with van der Waals surface area (Å²) in [5.74, 6) is 2.30. The fourth-order valence-corrected chi connectivity index (χ4v) is 3.83. The molecule has 136 valence electrons. The third kappa shape index (κ3) is 4.43. The molecule has 0 unspecified atom stereocenters. The highest BCUT2D eigenvalue weighted by atomic mass is 35.5. The summed E-state index contributed by atoms with van der Waals surface area (Å²) in [6, 6.07) is 13.4. The number of halogens is 2. The van der Waals surface area contributed by atoms with Gasteiger partial charge in [-0.3, -0.25) is 0 Å². The molecule has 1 aliphatic carbocycles. The van der Waals surface area contributed by atoms with Crippen molar-refractivity contribution in [3.63, 3.8) is 0 Å². The molecule has 1 aliphatic heterocycles. The van der Waals surface area contributed by atoms with E-state index >= 15 is 0 Å². The third-order valence-corrected chi connectivity index (χ3v) is 5.36. The van der Waals surface area contributed by atoms with Crippen LogP contribution in [0.2, 0.25) is 0 Å². The molecule has 1 saturated carbocycles. The quantitative estimate of drug-likeness (QED) is 0.876. The average molecular weight is 381 g/mol. The van der Waals surface area contributed by atoms with E-state index in [4.69, 9.17) is 5.73 Å². The lowest BCUT2D eigenvalue weighted by Gasteiger charge is -2.35. The SMILES string of the molecule is Cl.Cl.NC1CC(c2cc(N3CCC(c4ccccc4)CC3)ncn2)C1. The van der Waals surface area contributed by atoms with E-state index in [9.17, 15) is 0 Å². The van der Waals surface area contributed by atoms with Crippen LogP contribution in [-0.4, -0.2) is 29.1 Å². The summed E-state index contributed by atoms with van der Waals surface area (Å²) in [5, 5.41) is 0. The van der Waals surface area contributed by atoms with Gasteiger partial charge in [-0.15, -0.1) is 24.8 Å². The Morgan fingerprint density at radius 1 is 0.920 bits per heavy atom. The van der Waals surface area contributed by atoms with Gasteiger partial charge in [0.25, 0.3) is 0 Å². The fraction of sp³-hybridized carbons (Fsp3) is 0.474. The van der Waals surface area contributed by atoms with Gasteiger partial charge in [-0.05, 0) is 37.2 Å². The Morgan fingerprint density at radius 2 is 1.60 bits per heavy atom. The number of nitrogens with zero attached hydrogens (tertiary/aromatic N) is 3. The predicted octanol–water partition coefficient (Wildman–Crippen LogP) is 3.91. The van der Waals surface area contributed by atoms with Crippen LogP contribution in [0.1, 0.15) is 48.8 Å². The van der Waals surface area contributed by atoms with Crippen molar-refractivity contribution < 1.29 is 0 Å². The van der Waals surface area contributed by atoms with Crippen molar-refractivity contribution in [1.82, 2.24) is 9.97 Å². The van der Waals surface area contributed by atoms with Gasteiger partial charge in [-0.1, -0.05) is 30.3 Å². The van der Waals surface area contributed by atoms with E-state index in [0.717, 1.165) is 31.7 Å². The topological polar surface area (TPSA) is 55.0 Å². The molecule has 1 aromatic carbocycles. The molecule has 0 amide bonds. The Balaban J connectivity index is 0.00000113. The van der Waals surface area contributed by atoms with Gasteiger partial charge in [0.15, 0.2) is 0 Å². The van der Waals surface area contributed by atoms with Crippen molar-refractivity contribution in [2.75, 3.05) is 18.0 Å². The Bertz CT molecular complexity index is 653. The van der Waals surface area contributed by atoms with Crippen LogP contribution in [0.5, 0.6) is 0 Å². The zero-order valence-corrected chi connectivity index (χ0v) is 15.9. The Morgan fingerprint density at radius 3 is 2.24 bits per heavy atom. The number of nitrogens with two attached hydrogens (primary N) is 1. The molecule has 25 heavy (non-hydrogen) atoms. The monoisotopic (exact) mass is 380 g/mol. The van der Waals surface area contributed by atoms with Crippen LogP contribution >= 0.6 is 24.8 Å². The smallest absolute Gasteiger partial charge is 0.132 e. The number of hydrogen-bond donors (Lipinski definition) is 1. The molecular formula is C19H26Cl2N4. The van der Waals surface area contributed by atoms with E-state index in [0.29, 0.717) is 17.9 Å². The van der Waals surface area contributed by atoms with Crippen LogP contribution in [0, 0.1) is 0 Å². The van der Waals surface area contributed by atoms with Crippen LogP contribution in [0.4, 0.5) is 5.82 Å². The summed E-state index contributed by atoms with van der Waals surface area (Å²) in [6.07, 6.45) is 6.23. The van der Waals surface area contributed by atoms with Crippen LogP contribution in [0.15, 0.2) is 42.7 Å². The number of aromatic nitrogens is 2. The summed E-state index contributed by atoms with van der Waals surface area (Å²) in [4.78, 5) is 11.4. The molecule has 1 aromatic heterocycles. The maximum atomic E-state index is 5.90. The van der Waals surface area contributed by atoms with Crippen molar-refractivity contribution in [3.8, 4) is 0 Å². The zero-order chi connectivity index (χ0) is 15.6. The van der Waals surface area contributed by atoms with Gasteiger partial charge >= 0.3 is 0 Å². The maximum Gasteiger partial charge on any atom is 0.132 e. The highest BCUT2D eigenvalue weighted by molar-refractivity contribution is 5.85. The van der Waals surface area contributed by atoms with Crippen molar-refractivity contribution in [3.05, 3.63) is 54.0 Å². The Labute approximate surface area is 162 Å². The van der Waals surface area contributed by atoms with Gasteiger partial charge in [-0.25, -0.2) is 9.97 Å². The Kier molecular flexibility index (Phi) is 7.05. The molecule has 4 rings (SSSR count). The van der Waals surface area contributed by atoms with E-state index in [1.54, 1.807) is 6.33 Å². The maximum absolute atomic E-state index is 5.90. The van der Waals surface area contributed by atoms with Gasteiger partial charge in [-0.2, -0.15) is 0 Å². The van der Waals surface area contributed by atoms with Crippen molar-refractivity contribution in [2.24, 2.45) is 5.73 Å². The first-order valence-corrected chi connectivity index (χ1v) is 8.67. The first kappa shape index (κ1) is 20.0. The minimum Gasteiger partial charge on any atom is -0.356 e. The molecule has 6 heteroatoms. The first-order valence-electron chi connectivity index (χ1n) is 8.67. The molecule has 2 aromatic rings. The lowest BCUT2D eigenvalue weighted by Crippen LogP contribution is -2.36. The van der Waals surface area contributed by atoms with Crippen LogP contribution < -0.4 is 10.6 Å². The van der Waals surface area contributed by atoms with Gasteiger partial charge in [0.1, 0.15) is 12.1 Å². The van der Waals surface area contributed by atoms with Gasteiger partial charge in [0.05, 0.1) is 0 Å². The van der Waals surface area contributed by atoms with E-state index in [1.807, 2.05) is 0 Å². The fourth-order valence-electron chi connectivity index (χ4n) is 3.83.